The molecule has 136 valence electrons. The summed E-state index contributed by atoms with van der Waals surface area (Å²) >= 11 is 2.78. The number of benzene rings is 1. The Morgan fingerprint density at radius 1 is 1.27 bits per heavy atom. The van der Waals surface area contributed by atoms with Crippen LogP contribution in [0.2, 0.25) is 0 Å². The first-order chi connectivity index (χ1) is 12.5. The van der Waals surface area contributed by atoms with Crippen LogP contribution in [0.4, 0.5) is 0 Å². The van der Waals surface area contributed by atoms with Crippen LogP contribution in [0.3, 0.4) is 0 Å². The van der Waals surface area contributed by atoms with Gasteiger partial charge in [0.1, 0.15) is 4.88 Å². The number of nitrogens with zero attached hydrogens (tertiary/aromatic N) is 3. The number of aryl methyl sites for hydroxylation is 2. The van der Waals surface area contributed by atoms with E-state index < -0.39 is 0 Å². The molecule has 0 bridgehead atoms. The van der Waals surface area contributed by atoms with E-state index in [-0.39, 0.29) is 11.2 Å². The normalized spacial score (nSPS) is 12.1. The molecule has 8 heteroatoms. The molecule has 0 fully saturated rings. The van der Waals surface area contributed by atoms with Crippen LogP contribution in [0.15, 0.2) is 40.0 Å². The second kappa shape index (κ2) is 8.46. The molecule has 0 saturated carbocycles. The summed E-state index contributed by atoms with van der Waals surface area (Å²) in [6, 6.07) is 10.1. The zero-order valence-corrected chi connectivity index (χ0v) is 16.5. The van der Waals surface area contributed by atoms with Crippen molar-refractivity contribution in [1.29, 1.82) is 0 Å². The number of hydrogen-bond donors (Lipinski definition) is 1. The molecule has 1 atom stereocenters. The van der Waals surface area contributed by atoms with Crippen LogP contribution in [0.5, 0.6) is 0 Å². The Balaban J connectivity index is 1.52. The summed E-state index contributed by atoms with van der Waals surface area (Å²) < 4.78 is 5.69. The number of carbonyl (C=O) groups excluding carboxylic acids is 1. The molecule has 0 saturated heterocycles. The fourth-order valence-electron chi connectivity index (χ4n) is 2.40. The number of thiazole rings is 1. The van der Waals surface area contributed by atoms with Crippen molar-refractivity contribution in [3.8, 4) is 10.8 Å². The minimum Gasteiger partial charge on any atom is -0.410 e. The van der Waals surface area contributed by atoms with Gasteiger partial charge in [-0.2, -0.15) is 0 Å². The Kier molecular flexibility index (Phi) is 6.05. The molecular formula is C18H20N4O2S2. The summed E-state index contributed by atoms with van der Waals surface area (Å²) in [6.45, 7) is 6.28. The summed E-state index contributed by atoms with van der Waals surface area (Å²) in [5.74, 6) is 0.405. The molecule has 1 N–H and O–H groups in total. The fraction of sp³-hybridized carbons (Fsp3) is 0.333. The van der Waals surface area contributed by atoms with Gasteiger partial charge in [0.2, 0.25) is 5.91 Å². The molecule has 0 spiro atoms. The molecule has 0 aliphatic heterocycles. The first kappa shape index (κ1) is 18.6. The number of hydrogen-bond acceptors (Lipinski definition) is 7. The highest BCUT2D eigenvalue weighted by Crippen LogP contribution is 2.31. The lowest BCUT2D eigenvalue weighted by Gasteiger charge is -2.09. The fourth-order valence-corrected chi connectivity index (χ4v) is 3.95. The predicted octanol–water partition coefficient (Wildman–Crippen LogP) is 3.65. The number of rotatable bonds is 7. The van der Waals surface area contributed by atoms with Crippen LogP contribution in [0, 0.1) is 13.8 Å². The van der Waals surface area contributed by atoms with Gasteiger partial charge in [-0.15, -0.1) is 21.5 Å². The Morgan fingerprint density at radius 3 is 2.73 bits per heavy atom. The number of thioether (sulfide) groups is 1. The number of amides is 1. The second-order valence-electron chi connectivity index (χ2n) is 5.81. The number of aromatic nitrogens is 3. The summed E-state index contributed by atoms with van der Waals surface area (Å²) in [4.78, 5) is 17.5. The maximum atomic E-state index is 12.2. The zero-order chi connectivity index (χ0) is 18.5. The van der Waals surface area contributed by atoms with Gasteiger partial charge in [0, 0.05) is 6.54 Å². The van der Waals surface area contributed by atoms with Crippen LogP contribution in [0.1, 0.15) is 23.2 Å². The van der Waals surface area contributed by atoms with E-state index >= 15 is 0 Å². The van der Waals surface area contributed by atoms with Gasteiger partial charge in [0.25, 0.3) is 11.1 Å². The first-order valence-corrected chi connectivity index (χ1v) is 9.98. The van der Waals surface area contributed by atoms with E-state index in [1.54, 1.807) is 0 Å². The maximum absolute atomic E-state index is 12.2. The van der Waals surface area contributed by atoms with Gasteiger partial charge in [-0.3, -0.25) is 4.79 Å². The van der Waals surface area contributed by atoms with Gasteiger partial charge in [-0.05, 0) is 32.8 Å². The minimum atomic E-state index is -0.316. The van der Waals surface area contributed by atoms with Crippen molar-refractivity contribution < 1.29 is 9.21 Å². The van der Waals surface area contributed by atoms with Crippen molar-refractivity contribution in [1.82, 2.24) is 20.5 Å². The lowest BCUT2D eigenvalue weighted by atomic mass is 10.1. The lowest BCUT2D eigenvalue weighted by molar-refractivity contribution is -0.120. The minimum absolute atomic E-state index is 0.0458. The molecule has 3 rings (SSSR count). The van der Waals surface area contributed by atoms with E-state index in [1.807, 2.05) is 51.1 Å². The van der Waals surface area contributed by atoms with E-state index in [4.69, 9.17) is 4.42 Å². The van der Waals surface area contributed by atoms with E-state index in [0.717, 1.165) is 22.0 Å². The van der Waals surface area contributed by atoms with Crippen molar-refractivity contribution in [3.63, 3.8) is 0 Å². The van der Waals surface area contributed by atoms with Crippen molar-refractivity contribution in [2.45, 2.75) is 37.7 Å². The highest BCUT2D eigenvalue weighted by atomic mass is 32.2. The van der Waals surface area contributed by atoms with E-state index in [9.17, 15) is 4.79 Å². The third-order valence-corrected chi connectivity index (χ3v) is 5.70. The standard InChI is InChI=1S/C18H20N4O2S2/c1-11-15(26-13(3)20-11)17-21-22-18(24-17)25-12(2)16(23)19-10-9-14-7-5-4-6-8-14/h4-8,12H,9-10H2,1-3H3,(H,19,23). The Hall–Kier alpha value is -2.19. The Morgan fingerprint density at radius 2 is 2.04 bits per heavy atom. The SMILES string of the molecule is Cc1nc(C)c(-c2nnc(SC(C)C(=O)NCCc3ccccc3)o2)s1. The summed E-state index contributed by atoms with van der Waals surface area (Å²) in [7, 11) is 0. The zero-order valence-electron chi connectivity index (χ0n) is 14.9. The molecule has 0 radical (unpaired) electrons. The summed E-state index contributed by atoms with van der Waals surface area (Å²) in [5, 5.41) is 12.1. The molecular weight excluding hydrogens is 368 g/mol. The van der Waals surface area contributed by atoms with Crippen molar-refractivity contribution in [3.05, 3.63) is 46.6 Å². The van der Waals surface area contributed by atoms with Crippen LogP contribution < -0.4 is 5.32 Å². The Bertz CT molecular complexity index is 876. The molecule has 0 aliphatic carbocycles. The topological polar surface area (TPSA) is 80.9 Å². The average molecular weight is 389 g/mol. The third kappa shape index (κ3) is 4.70. The highest BCUT2D eigenvalue weighted by molar-refractivity contribution is 8.00. The van der Waals surface area contributed by atoms with Crippen LogP contribution in [-0.2, 0) is 11.2 Å². The Labute approximate surface area is 160 Å². The van der Waals surface area contributed by atoms with Crippen molar-refractivity contribution in [2.75, 3.05) is 6.54 Å². The number of nitrogens with one attached hydrogen (secondary N) is 1. The van der Waals surface area contributed by atoms with Crippen LogP contribution >= 0.6 is 23.1 Å². The molecule has 3 aromatic rings. The van der Waals surface area contributed by atoms with E-state index in [0.29, 0.717) is 17.7 Å². The second-order valence-corrected chi connectivity index (χ2v) is 8.30. The van der Waals surface area contributed by atoms with Crippen LogP contribution in [0.25, 0.3) is 10.8 Å². The molecule has 6 nitrogen and oxygen atoms in total. The van der Waals surface area contributed by atoms with E-state index in [1.165, 1.54) is 28.7 Å². The molecule has 1 amide bonds. The van der Waals surface area contributed by atoms with Crippen LogP contribution in [-0.4, -0.2) is 32.9 Å². The van der Waals surface area contributed by atoms with Crippen molar-refractivity contribution in [2.24, 2.45) is 0 Å². The maximum Gasteiger partial charge on any atom is 0.277 e. The largest absolute Gasteiger partial charge is 0.410 e. The first-order valence-electron chi connectivity index (χ1n) is 8.29. The van der Waals surface area contributed by atoms with Gasteiger partial charge in [-0.1, -0.05) is 42.1 Å². The van der Waals surface area contributed by atoms with Gasteiger partial charge < -0.3 is 9.73 Å². The predicted molar refractivity (Wildman–Crippen MR) is 103 cm³/mol. The highest BCUT2D eigenvalue weighted by Gasteiger charge is 2.20. The van der Waals surface area contributed by atoms with Gasteiger partial charge in [0.05, 0.1) is 16.0 Å². The monoisotopic (exact) mass is 388 g/mol. The molecule has 26 heavy (non-hydrogen) atoms. The van der Waals surface area contributed by atoms with Gasteiger partial charge in [0.15, 0.2) is 0 Å². The molecule has 2 heterocycles. The molecule has 1 aromatic carbocycles. The average Bonchev–Trinajstić information content (AvgIpc) is 3.21. The summed E-state index contributed by atoms with van der Waals surface area (Å²) in [5.41, 5.74) is 2.07. The summed E-state index contributed by atoms with van der Waals surface area (Å²) in [6.07, 6.45) is 0.804. The molecule has 1 unspecified atom stereocenters. The number of carbonyl (C=O) groups is 1. The van der Waals surface area contributed by atoms with E-state index in [2.05, 4.69) is 20.5 Å². The molecule has 2 aromatic heterocycles. The van der Waals surface area contributed by atoms with Gasteiger partial charge in [-0.25, -0.2) is 4.98 Å². The van der Waals surface area contributed by atoms with Crippen molar-refractivity contribution >= 4 is 29.0 Å². The third-order valence-electron chi connectivity index (χ3n) is 3.71. The molecule has 0 aliphatic rings. The van der Waals surface area contributed by atoms with Gasteiger partial charge >= 0.3 is 0 Å². The lowest BCUT2D eigenvalue weighted by Crippen LogP contribution is -2.32. The smallest absolute Gasteiger partial charge is 0.277 e. The quantitative estimate of drug-likeness (QED) is 0.622.